The molecule has 0 radical (unpaired) electrons. The van der Waals surface area contributed by atoms with Crippen LogP contribution in [0.25, 0.3) is 0 Å². The molecule has 0 unspecified atom stereocenters. The SMILES string of the molecule is COc1cccc(C#N)c1NS(=O)(=O)c1cncc(F)c1. The normalized spacial score (nSPS) is 10.7. The molecule has 6 nitrogen and oxygen atoms in total. The molecule has 1 N–H and O–H groups in total. The first-order chi connectivity index (χ1) is 9.97. The van der Waals surface area contributed by atoms with Crippen molar-refractivity contribution in [2.45, 2.75) is 4.90 Å². The van der Waals surface area contributed by atoms with Gasteiger partial charge in [0.25, 0.3) is 10.0 Å². The second-order valence-corrected chi connectivity index (χ2v) is 5.62. The number of anilines is 1. The van der Waals surface area contributed by atoms with Gasteiger partial charge in [0.15, 0.2) is 0 Å². The third-order valence-electron chi connectivity index (χ3n) is 2.59. The van der Waals surface area contributed by atoms with Gasteiger partial charge in [0.1, 0.15) is 28.2 Å². The van der Waals surface area contributed by atoms with Gasteiger partial charge < -0.3 is 4.74 Å². The Kier molecular flexibility index (Phi) is 4.05. The molecular weight excluding hydrogens is 297 g/mol. The second kappa shape index (κ2) is 5.76. The van der Waals surface area contributed by atoms with Gasteiger partial charge in [-0.2, -0.15) is 5.26 Å². The Balaban J connectivity index is 2.49. The third kappa shape index (κ3) is 3.09. The Morgan fingerprint density at radius 1 is 1.38 bits per heavy atom. The van der Waals surface area contributed by atoms with E-state index in [0.29, 0.717) is 0 Å². The molecule has 21 heavy (non-hydrogen) atoms. The van der Waals surface area contributed by atoms with Crippen LogP contribution in [0, 0.1) is 17.1 Å². The highest BCUT2D eigenvalue weighted by Crippen LogP contribution is 2.30. The van der Waals surface area contributed by atoms with Crippen LogP contribution >= 0.6 is 0 Å². The first-order valence-corrected chi connectivity index (χ1v) is 7.16. The molecule has 1 heterocycles. The van der Waals surface area contributed by atoms with E-state index in [1.165, 1.54) is 19.2 Å². The number of pyridine rings is 1. The molecule has 1 aromatic heterocycles. The molecule has 0 amide bonds. The first-order valence-electron chi connectivity index (χ1n) is 5.68. The molecule has 0 spiro atoms. The monoisotopic (exact) mass is 307 g/mol. The molecule has 0 aliphatic rings. The Hall–Kier alpha value is -2.66. The van der Waals surface area contributed by atoms with Crippen LogP contribution in [0.4, 0.5) is 10.1 Å². The molecule has 8 heteroatoms. The van der Waals surface area contributed by atoms with Crippen LogP contribution in [-0.2, 0) is 10.0 Å². The minimum atomic E-state index is -4.08. The van der Waals surface area contributed by atoms with Gasteiger partial charge in [-0.3, -0.25) is 9.71 Å². The molecule has 0 fully saturated rings. The lowest BCUT2D eigenvalue weighted by molar-refractivity contribution is 0.416. The number of aromatic nitrogens is 1. The van der Waals surface area contributed by atoms with E-state index in [-0.39, 0.29) is 21.9 Å². The molecule has 2 rings (SSSR count). The van der Waals surface area contributed by atoms with Crippen molar-refractivity contribution in [3.63, 3.8) is 0 Å². The Morgan fingerprint density at radius 2 is 2.14 bits per heavy atom. The predicted molar refractivity (Wildman–Crippen MR) is 72.7 cm³/mol. The van der Waals surface area contributed by atoms with Crippen LogP contribution in [-0.4, -0.2) is 20.5 Å². The largest absolute Gasteiger partial charge is 0.495 e. The van der Waals surface area contributed by atoms with Gasteiger partial charge in [0.05, 0.1) is 18.9 Å². The van der Waals surface area contributed by atoms with Crippen LogP contribution in [0.5, 0.6) is 5.75 Å². The number of sulfonamides is 1. The number of halogens is 1. The molecule has 108 valence electrons. The fourth-order valence-electron chi connectivity index (χ4n) is 1.63. The minimum absolute atomic E-state index is 0.00763. The van der Waals surface area contributed by atoms with Crippen LogP contribution in [0.1, 0.15) is 5.56 Å². The highest BCUT2D eigenvalue weighted by molar-refractivity contribution is 7.92. The van der Waals surface area contributed by atoms with Gasteiger partial charge in [-0.25, -0.2) is 12.8 Å². The maximum atomic E-state index is 13.1. The summed E-state index contributed by atoms with van der Waals surface area (Å²) in [7, 11) is -2.74. The second-order valence-electron chi connectivity index (χ2n) is 3.94. The zero-order chi connectivity index (χ0) is 15.5. The van der Waals surface area contributed by atoms with E-state index >= 15 is 0 Å². The molecule has 1 aromatic carbocycles. The maximum absolute atomic E-state index is 13.1. The summed E-state index contributed by atoms with van der Waals surface area (Å²) < 4.78 is 44.8. The van der Waals surface area contributed by atoms with Crippen molar-refractivity contribution >= 4 is 15.7 Å². The van der Waals surface area contributed by atoms with Gasteiger partial charge in [-0.15, -0.1) is 0 Å². The summed E-state index contributed by atoms with van der Waals surface area (Å²) in [5.74, 6) is -0.597. The highest BCUT2D eigenvalue weighted by atomic mass is 32.2. The van der Waals surface area contributed by atoms with Gasteiger partial charge in [0, 0.05) is 6.20 Å². The van der Waals surface area contributed by atoms with Crippen molar-refractivity contribution in [3.05, 3.63) is 48.0 Å². The maximum Gasteiger partial charge on any atom is 0.263 e. The van der Waals surface area contributed by atoms with Crippen LogP contribution < -0.4 is 9.46 Å². The summed E-state index contributed by atoms with van der Waals surface area (Å²) in [6.45, 7) is 0. The Morgan fingerprint density at radius 3 is 2.76 bits per heavy atom. The number of nitrogens with one attached hydrogen (secondary N) is 1. The van der Waals surface area contributed by atoms with Gasteiger partial charge in [-0.05, 0) is 18.2 Å². The van der Waals surface area contributed by atoms with Crippen molar-refractivity contribution in [2.75, 3.05) is 11.8 Å². The number of nitriles is 1. The number of methoxy groups -OCH3 is 1. The van der Waals surface area contributed by atoms with E-state index in [1.54, 1.807) is 6.07 Å². The van der Waals surface area contributed by atoms with E-state index in [9.17, 15) is 12.8 Å². The summed E-state index contributed by atoms with van der Waals surface area (Å²) in [6, 6.07) is 7.18. The third-order valence-corrected chi connectivity index (χ3v) is 3.91. The fourth-order valence-corrected chi connectivity index (χ4v) is 2.70. The lowest BCUT2D eigenvalue weighted by Crippen LogP contribution is -2.15. The molecule has 0 bridgehead atoms. The van der Waals surface area contributed by atoms with E-state index in [1.807, 2.05) is 6.07 Å². The standard InChI is InChI=1S/C13H10FN3O3S/c1-20-12-4-2-3-9(6-15)13(12)17-21(18,19)11-5-10(14)7-16-8-11/h2-5,7-8,17H,1H3. The molecule has 0 aliphatic heterocycles. The van der Waals surface area contributed by atoms with Gasteiger partial charge in [-0.1, -0.05) is 6.07 Å². The van der Waals surface area contributed by atoms with Crippen molar-refractivity contribution in [3.8, 4) is 11.8 Å². The number of hydrogen-bond donors (Lipinski definition) is 1. The first kappa shape index (κ1) is 14.7. The highest BCUT2D eigenvalue weighted by Gasteiger charge is 2.20. The van der Waals surface area contributed by atoms with E-state index in [0.717, 1.165) is 18.5 Å². The number of hydrogen-bond acceptors (Lipinski definition) is 5. The zero-order valence-electron chi connectivity index (χ0n) is 10.9. The van der Waals surface area contributed by atoms with Crippen molar-refractivity contribution in [2.24, 2.45) is 0 Å². The Labute approximate surface area is 120 Å². The lowest BCUT2D eigenvalue weighted by Gasteiger charge is -2.12. The van der Waals surface area contributed by atoms with E-state index < -0.39 is 15.8 Å². The molecule has 0 aliphatic carbocycles. The number of rotatable bonds is 4. The van der Waals surface area contributed by atoms with Crippen LogP contribution in [0.2, 0.25) is 0 Å². The smallest absolute Gasteiger partial charge is 0.263 e. The zero-order valence-corrected chi connectivity index (χ0v) is 11.7. The molecule has 0 saturated carbocycles. The summed E-state index contributed by atoms with van der Waals surface area (Å²) in [6.07, 6.45) is 1.90. The van der Waals surface area contributed by atoms with Crippen LogP contribution in [0.3, 0.4) is 0 Å². The van der Waals surface area contributed by atoms with E-state index in [2.05, 4.69) is 9.71 Å². The lowest BCUT2D eigenvalue weighted by atomic mass is 10.2. The summed E-state index contributed by atoms with van der Waals surface area (Å²) in [5.41, 5.74) is 0.0778. The average Bonchev–Trinajstić information content (AvgIpc) is 2.47. The number of benzene rings is 1. The molecular formula is C13H10FN3O3S. The molecule has 2 aromatic rings. The molecule has 0 atom stereocenters. The summed E-state index contributed by atoms with van der Waals surface area (Å²) in [4.78, 5) is 3.14. The average molecular weight is 307 g/mol. The van der Waals surface area contributed by atoms with Gasteiger partial charge >= 0.3 is 0 Å². The number of ether oxygens (including phenoxy) is 1. The quantitative estimate of drug-likeness (QED) is 0.931. The van der Waals surface area contributed by atoms with E-state index in [4.69, 9.17) is 10.00 Å². The summed E-state index contributed by atoms with van der Waals surface area (Å²) >= 11 is 0. The Bertz CT molecular complexity index is 816. The molecule has 0 saturated heterocycles. The van der Waals surface area contributed by atoms with Crippen LogP contribution in [0.15, 0.2) is 41.6 Å². The van der Waals surface area contributed by atoms with Crippen molar-refractivity contribution in [1.82, 2.24) is 4.98 Å². The topological polar surface area (TPSA) is 92.1 Å². The number of para-hydroxylation sites is 1. The number of nitrogens with zero attached hydrogens (tertiary/aromatic N) is 2. The summed E-state index contributed by atoms with van der Waals surface area (Å²) in [5, 5.41) is 9.04. The van der Waals surface area contributed by atoms with Crippen molar-refractivity contribution < 1.29 is 17.5 Å². The predicted octanol–water partition coefficient (Wildman–Crippen LogP) is 1.90. The van der Waals surface area contributed by atoms with Gasteiger partial charge in [0.2, 0.25) is 0 Å². The fraction of sp³-hybridized carbons (Fsp3) is 0.0769. The minimum Gasteiger partial charge on any atom is -0.495 e. The van der Waals surface area contributed by atoms with Crippen molar-refractivity contribution in [1.29, 1.82) is 5.26 Å².